The van der Waals surface area contributed by atoms with E-state index in [9.17, 15) is 0 Å². The van der Waals surface area contributed by atoms with Crippen LogP contribution in [0.2, 0.25) is 0 Å². The van der Waals surface area contributed by atoms with Gasteiger partial charge in [0.05, 0.1) is 13.7 Å². The highest BCUT2D eigenvalue weighted by Gasteiger charge is 2.02. The number of thiophene rings is 1. The topological polar surface area (TPSA) is 45.7 Å². The first kappa shape index (κ1) is 20.8. The number of benzene rings is 1. The minimum absolute atomic E-state index is 0. The summed E-state index contributed by atoms with van der Waals surface area (Å²) in [6, 6.07) is 10.4. The molecule has 0 aliphatic rings. The molecule has 1 aromatic carbocycles. The molecule has 24 heavy (non-hydrogen) atoms. The summed E-state index contributed by atoms with van der Waals surface area (Å²) < 4.78 is 5.17. The van der Waals surface area contributed by atoms with E-state index in [-0.39, 0.29) is 24.0 Å². The number of nitrogens with one attached hydrogen (secondary N) is 2. The van der Waals surface area contributed by atoms with Crippen molar-refractivity contribution >= 4 is 41.3 Å². The third-order valence-electron chi connectivity index (χ3n) is 3.70. The van der Waals surface area contributed by atoms with Gasteiger partial charge in [0.15, 0.2) is 5.96 Å². The van der Waals surface area contributed by atoms with Crippen molar-refractivity contribution in [1.82, 2.24) is 10.6 Å². The normalized spacial score (nSPS) is 10.9. The highest BCUT2D eigenvalue weighted by Crippen LogP contribution is 2.14. The summed E-state index contributed by atoms with van der Waals surface area (Å²) in [5, 5.41) is 8.84. The fourth-order valence-corrected chi connectivity index (χ4v) is 3.11. The van der Waals surface area contributed by atoms with E-state index in [0.717, 1.165) is 37.6 Å². The van der Waals surface area contributed by atoms with Crippen molar-refractivity contribution in [3.05, 3.63) is 51.7 Å². The minimum atomic E-state index is 0. The van der Waals surface area contributed by atoms with E-state index in [1.165, 1.54) is 16.0 Å². The fourth-order valence-electron chi connectivity index (χ4n) is 2.26. The zero-order valence-corrected chi connectivity index (χ0v) is 17.6. The first-order valence-corrected chi connectivity index (χ1v) is 8.71. The van der Waals surface area contributed by atoms with Crippen molar-refractivity contribution in [3.63, 3.8) is 0 Å². The molecule has 0 aliphatic heterocycles. The van der Waals surface area contributed by atoms with E-state index >= 15 is 0 Å². The second kappa shape index (κ2) is 11.3. The predicted octanol–water partition coefficient (Wildman–Crippen LogP) is 3.98. The Labute approximate surface area is 165 Å². The molecular formula is C18H26IN3OS. The van der Waals surface area contributed by atoms with Crippen LogP contribution >= 0.6 is 35.3 Å². The third-order valence-corrected chi connectivity index (χ3v) is 4.72. The number of hydrogen-bond donors (Lipinski definition) is 2. The van der Waals surface area contributed by atoms with Gasteiger partial charge in [-0.15, -0.1) is 35.3 Å². The number of nitrogens with zero attached hydrogens (tertiary/aromatic N) is 1. The largest absolute Gasteiger partial charge is 0.497 e. The van der Waals surface area contributed by atoms with Crippen LogP contribution in [0, 0.1) is 6.92 Å². The summed E-state index contributed by atoms with van der Waals surface area (Å²) in [7, 11) is 3.50. The van der Waals surface area contributed by atoms with Gasteiger partial charge in [-0.05, 0) is 54.5 Å². The Morgan fingerprint density at radius 3 is 2.50 bits per heavy atom. The van der Waals surface area contributed by atoms with Gasteiger partial charge in [-0.1, -0.05) is 12.1 Å². The molecule has 0 radical (unpaired) electrons. The van der Waals surface area contributed by atoms with Crippen molar-refractivity contribution in [1.29, 1.82) is 0 Å². The van der Waals surface area contributed by atoms with E-state index < -0.39 is 0 Å². The molecule has 1 aromatic heterocycles. The van der Waals surface area contributed by atoms with Crippen molar-refractivity contribution in [2.24, 2.45) is 4.99 Å². The van der Waals surface area contributed by atoms with Crippen LogP contribution in [0.25, 0.3) is 0 Å². The summed E-state index contributed by atoms with van der Waals surface area (Å²) in [4.78, 5) is 5.62. The maximum atomic E-state index is 5.17. The van der Waals surface area contributed by atoms with E-state index in [1.54, 1.807) is 25.5 Å². The summed E-state index contributed by atoms with van der Waals surface area (Å²) in [6.07, 6.45) is 2.10. The Hall–Kier alpha value is -1.28. The van der Waals surface area contributed by atoms with Gasteiger partial charge in [-0.25, -0.2) is 0 Å². The lowest BCUT2D eigenvalue weighted by Gasteiger charge is -2.11. The molecule has 132 valence electrons. The monoisotopic (exact) mass is 459 g/mol. The SMILES string of the molecule is CN=C(NCCCc1ccc(OC)cc1)NCc1sccc1C.I. The van der Waals surface area contributed by atoms with E-state index in [2.05, 4.69) is 46.1 Å². The van der Waals surface area contributed by atoms with Gasteiger partial charge in [0.2, 0.25) is 0 Å². The number of hydrogen-bond acceptors (Lipinski definition) is 3. The van der Waals surface area contributed by atoms with Crippen LogP contribution in [-0.2, 0) is 13.0 Å². The minimum Gasteiger partial charge on any atom is -0.497 e. The molecule has 0 saturated carbocycles. The summed E-state index contributed by atoms with van der Waals surface area (Å²) in [6.45, 7) is 3.86. The molecule has 6 heteroatoms. The van der Waals surface area contributed by atoms with E-state index in [1.807, 2.05) is 12.1 Å². The van der Waals surface area contributed by atoms with Gasteiger partial charge >= 0.3 is 0 Å². The molecule has 0 atom stereocenters. The maximum Gasteiger partial charge on any atom is 0.191 e. The Balaban J connectivity index is 0.00000288. The van der Waals surface area contributed by atoms with Crippen LogP contribution in [0.1, 0.15) is 22.4 Å². The lowest BCUT2D eigenvalue weighted by atomic mass is 10.1. The summed E-state index contributed by atoms with van der Waals surface area (Å²) in [5.74, 6) is 1.76. The van der Waals surface area contributed by atoms with Gasteiger partial charge in [-0.2, -0.15) is 0 Å². The molecule has 0 fully saturated rings. The molecule has 0 amide bonds. The van der Waals surface area contributed by atoms with Crippen molar-refractivity contribution in [2.45, 2.75) is 26.3 Å². The van der Waals surface area contributed by atoms with Crippen molar-refractivity contribution in [2.75, 3.05) is 20.7 Å². The Bertz CT molecular complexity index is 625. The molecule has 0 bridgehead atoms. The molecule has 2 N–H and O–H groups in total. The molecular weight excluding hydrogens is 433 g/mol. The average molecular weight is 459 g/mol. The predicted molar refractivity (Wildman–Crippen MR) is 114 cm³/mol. The first-order chi connectivity index (χ1) is 11.2. The van der Waals surface area contributed by atoms with Gasteiger partial charge in [0, 0.05) is 18.5 Å². The standard InChI is InChI=1S/C18H25N3OS.HI/c1-14-10-12-23-17(14)13-21-18(19-2)20-11-4-5-15-6-8-16(22-3)9-7-15;/h6-10,12H,4-5,11,13H2,1-3H3,(H2,19,20,21);1H. The average Bonchev–Trinajstić information content (AvgIpc) is 3.00. The lowest BCUT2D eigenvalue weighted by Crippen LogP contribution is -2.37. The van der Waals surface area contributed by atoms with Gasteiger partial charge in [-0.3, -0.25) is 4.99 Å². The molecule has 4 nitrogen and oxygen atoms in total. The smallest absolute Gasteiger partial charge is 0.191 e. The van der Waals surface area contributed by atoms with Crippen LogP contribution in [0.15, 0.2) is 40.7 Å². The zero-order valence-electron chi connectivity index (χ0n) is 14.5. The Kier molecular flexibility index (Phi) is 9.78. The molecule has 0 aliphatic carbocycles. The molecule has 1 heterocycles. The van der Waals surface area contributed by atoms with Crippen LogP contribution < -0.4 is 15.4 Å². The lowest BCUT2D eigenvalue weighted by molar-refractivity contribution is 0.414. The van der Waals surface area contributed by atoms with Crippen LogP contribution in [0.3, 0.4) is 0 Å². The Morgan fingerprint density at radius 1 is 1.17 bits per heavy atom. The first-order valence-electron chi connectivity index (χ1n) is 7.83. The van der Waals surface area contributed by atoms with Crippen molar-refractivity contribution in [3.8, 4) is 5.75 Å². The summed E-state index contributed by atoms with van der Waals surface area (Å²) in [5.41, 5.74) is 2.65. The van der Waals surface area contributed by atoms with Gasteiger partial charge in [0.25, 0.3) is 0 Å². The number of rotatable bonds is 7. The molecule has 2 aromatic rings. The quantitative estimate of drug-likeness (QED) is 0.285. The van der Waals surface area contributed by atoms with Crippen molar-refractivity contribution < 1.29 is 4.74 Å². The molecule has 2 rings (SSSR count). The number of aliphatic imine (C=N–C) groups is 1. The van der Waals surface area contributed by atoms with Gasteiger partial charge < -0.3 is 15.4 Å². The van der Waals surface area contributed by atoms with E-state index in [0.29, 0.717) is 0 Å². The number of ether oxygens (including phenoxy) is 1. The number of guanidine groups is 1. The van der Waals surface area contributed by atoms with Crippen LogP contribution in [-0.4, -0.2) is 26.7 Å². The third kappa shape index (κ3) is 6.68. The Morgan fingerprint density at radius 2 is 1.92 bits per heavy atom. The van der Waals surface area contributed by atoms with E-state index in [4.69, 9.17) is 4.74 Å². The number of aryl methyl sites for hydroxylation is 2. The van der Waals surface area contributed by atoms with Crippen LogP contribution in [0.4, 0.5) is 0 Å². The fraction of sp³-hybridized carbons (Fsp3) is 0.389. The summed E-state index contributed by atoms with van der Waals surface area (Å²) >= 11 is 1.78. The zero-order chi connectivity index (χ0) is 16.5. The second-order valence-electron chi connectivity index (χ2n) is 5.33. The second-order valence-corrected chi connectivity index (χ2v) is 6.33. The van der Waals surface area contributed by atoms with Gasteiger partial charge in [0.1, 0.15) is 5.75 Å². The molecule has 0 unspecified atom stereocenters. The number of halogens is 1. The molecule has 0 saturated heterocycles. The molecule has 0 spiro atoms. The highest BCUT2D eigenvalue weighted by molar-refractivity contribution is 14.0. The highest BCUT2D eigenvalue weighted by atomic mass is 127. The van der Waals surface area contributed by atoms with Crippen LogP contribution in [0.5, 0.6) is 5.75 Å². The maximum absolute atomic E-state index is 5.17. The number of methoxy groups -OCH3 is 1.